The Morgan fingerprint density at radius 1 is 1.33 bits per heavy atom. The van der Waals surface area contributed by atoms with Crippen LogP contribution in [-0.4, -0.2) is 45.0 Å². The van der Waals surface area contributed by atoms with Crippen LogP contribution < -0.4 is 5.32 Å². The molecule has 10 heteroatoms. The van der Waals surface area contributed by atoms with Crippen molar-refractivity contribution in [1.29, 1.82) is 0 Å². The number of hydrogen-bond donors (Lipinski definition) is 2. The molecule has 1 heterocycles. The van der Waals surface area contributed by atoms with Crippen LogP contribution in [0.15, 0.2) is 12.3 Å². The van der Waals surface area contributed by atoms with Crippen molar-refractivity contribution in [1.82, 2.24) is 15.1 Å². The molecular weight excluding hydrogens is 373 g/mol. The molecule has 0 aliphatic heterocycles. The minimum Gasteiger partial charge on any atom is -0.379 e. The number of carbonyl (C=O) groups excluding carboxylic acids is 1. The van der Waals surface area contributed by atoms with Crippen molar-refractivity contribution in [2.24, 2.45) is 13.0 Å². The second-order valence-corrected chi connectivity index (χ2v) is 7.73. The van der Waals surface area contributed by atoms with E-state index in [-0.39, 0.29) is 0 Å². The van der Waals surface area contributed by atoms with E-state index in [1.165, 1.54) is 18.5 Å². The number of aliphatic hydroxyl groups is 1. The van der Waals surface area contributed by atoms with Gasteiger partial charge in [0.1, 0.15) is 0 Å². The number of nitrogens with zero attached hydrogens (tertiary/aromatic N) is 2. The van der Waals surface area contributed by atoms with Crippen LogP contribution in [0.4, 0.5) is 22.0 Å². The van der Waals surface area contributed by atoms with Crippen LogP contribution >= 0.6 is 0 Å². The van der Waals surface area contributed by atoms with E-state index >= 15 is 0 Å². The molecule has 27 heavy (non-hydrogen) atoms. The molecule has 0 radical (unpaired) electrons. The van der Waals surface area contributed by atoms with Gasteiger partial charge in [0, 0.05) is 26.1 Å². The highest BCUT2D eigenvalue weighted by molar-refractivity contribution is 5.86. The molecule has 5 nitrogen and oxygen atoms in total. The fraction of sp³-hybridized carbons (Fsp3) is 0.765. The van der Waals surface area contributed by atoms with E-state index in [2.05, 4.69) is 10.4 Å². The Balaban J connectivity index is 2.14. The van der Waals surface area contributed by atoms with E-state index in [0.717, 1.165) is 0 Å². The molecule has 0 saturated heterocycles. The first-order valence-electron chi connectivity index (χ1n) is 8.64. The largest absolute Gasteiger partial charge is 0.419 e. The lowest BCUT2D eigenvalue weighted by molar-refractivity contribution is -0.283. The molecular formula is C17H24F5N3O2. The molecule has 1 unspecified atom stereocenters. The van der Waals surface area contributed by atoms with Gasteiger partial charge in [-0.25, -0.2) is 8.78 Å². The third-order valence-corrected chi connectivity index (χ3v) is 5.32. The Morgan fingerprint density at radius 3 is 2.33 bits per heavy atom. The monoisotopic (exact) mass is 397 g/mol. The SMILES string of the molecule is Cn1ccc(C(C)(C)C(=O)NCC(O)(C2CCC(F)(F)CC2)C(F)(F)F)n1. The van der Waals surface area contributed by atoms with E-state index in [0.29, 0.717) is 5.69 Å². The number of halogens is 5. The van der Waals surface area contributed by atoms with Crippen LogP contribution in [0.25, 0.3) is 0 Å². The number of aromatic nitrogens is 2. The summed E-state index contributed by atoms with van der Waals surface area (Å²) in [5.74, 6) is -5.17. The summed E-state index contributed by atoms with van der Waals surface area (Å²) in [5, 5.41) is 16.6. The average Bonchev–Trinajstić information content (AvgIpc) is 2.98. The first kappa shape index (κ1) is 21.6. The van der Waals surface area contributed by atoms with Crippen LogP contribution in [0.2, 0.25) is 0 Å². The van der Waals surface area contributed by atoms with Crippen LogP contribution in [0.3, 0.4) is 0 Å². The number of nitrogens with one attached hydrogen (secondary N) is 1. The maximum absolute atomic E-state index is 13.6. The maximum Gasteiger partial charge on any atom is 0.419 e. The van der Waals surface area contributed by atoms with Gasteiger partial charge in [0.05, 0.1) is 17.7 Å². The number of carbonyl (C=O) groups is 1. The zero-order valence-electron chi connectivity index (χ0n) is 15.4. The zero-order chi connectivity index (χ0) is 20.7. The Hall–Kier alpha value is -1.71. The predicted octanol–water partition coefficient (Wildman–Crippen LogP) is 2.93. The topological polar surface area (TPSA) is 67.2 Å². The van der Waals surface area contributed by atoms with E-state index < -0.39 is 67.2 Å². The number of hydrogen-bond acceptors (Lipinski definition) is 3. The Labute approximate surface area is 153 Å². The van der Waals surface area contributed by atoms with Crippen molar-refractivity contribution in [2.75, 3.05) is 6.54 Å². The van der Waals surface area contributed by atoms with Crippen molar-refractivity contribution in [3.8, 4) is 0 Å². The summed E-state index contributed by atoms with van der Waals surface area (Å²) >= 11 is 0. The van der Waals surface area contributed by atoms with Gasteiger partial charge in [-0.1, -0.05) is 0 Å². The fourth-order valence-electron chi connectivity index (χ4n) is 3.29. The lowest BCUT2D eigenvalue weighted by atomic mass is 9.75. The number of amides is 1. The molecule has 1 aliphatic carbocycles. The Morgan fingerprint density at radius 2 is 1.89 bits per heavy atom. The van der Waals surface area contributed by atoms with Crippen molar-refractivity contribution >= 4 is 5.91 Å². The van der Waals surface area contributed by atoms with E-state index in [4.69, 9.17) is 0 Å². The van der Waals surface area contributed by atoms with Gasteiger partial charge in [-0.2, -0.15) is 18.3 Å². The first-order chi connectivity index (χ1) is 12.2. The molecule has 1 saturated carbocycles. The average molecular weight is 397 g/mol. The Bertz CT molecular complexity index is 676. The second kappa shape index (κ2) is 7.03. The molecule has 1 aromatic rings. The van der Waals surface area contributed by atoms with Crippen molar-refractivity contribution in [2.45, 2.75) is 62.6 Å². The molecule has 1 fully saturated rings. The van der Waals surface area contributed by atoms with Crippen molar-refractivity contribution < 1.29 is 31.9 Å². The summed E-state index contributed by atoms with van der Waals surface area (Å²) in [4.78, 5) is 12.5. The summed E-state index contributed by atoms with van der Waals surface area (Å²) in [5.41, 5.74) is -4.14. The van der Waals surface area contributed by atoms with Crippen LogP contribution in [0.5, 0.6) is 0 Å². The van der Waals surface area contributed by atoms with Gasteiger partial charge in [-0.15, -0.1) is 0 Å². The number of alkyl halides is 5. The summed E-state index contributed by atoms with van der Waals surface area (Å²) in [6.45, 7) is 1.90. The molecule has 2 N–H and O–H groups in total. The minimum atomic E-state index is -5.06. The van der Waals surface area contributed by atoms with Crippen LogP contribution in [0, 0.1) is 5.92 Å². The molecule has 2 rings (SSSR count). The van der Waals surface area contributed by atoms with Gasteiger partial charge in [-0.3, -0.25) is 9.48 Å². The van der Waals surface area contributed by atoms with Crippen LogP contribution in [-0.2, 0) is 17.3 Å². The molecule has 154 valence electrons. The van der Waals surface area contributed by atoms with Gasteiger partial charge in [0.2, 0.25) is 11.8 Å². The van der Waals surface area contributed by atoms with Gasteiger partial charge < -0.3 is 10.4 Å². The summed E-state index contributed by atoms with van der Waals surface area (Å²) in [6, 6.07) is 1.57. The highest BCUT2D eigenvalue weighted by atomic mass is 19.4. The number of aryl methyl sites for hydroxylation is 1. The highest BCUT2D eigenvalue weighted by Gasteiger charge is 2.60. The van der Waals surface area contributed by atoms with Crippen LogP contribution in [0.1, 0.15) is 45.2 Å². The quantitative estimate of drug-likeness (QED) is 0.751. The predicted molar refractivity (Wildman–Crippen MR) is 87.2 cm³/mol. The van der Waals surface area contributed by atoms with E-state index in [1.54, 1.807) is 19.3 Å². The highest BCUT2D eigenvalue weighted by Crippen LogP contribution is 2.46. The second-order valence-electron chi connectivity index (χ2n) is 7.73. The third-order valence-electron chi connectivity index (χ3n) is 5.32. The molecule has 0 bridgehead atoms. The maximum atomic E-state index is 13.6. The van der Waals surface area contributed by atoms with Crippen molar-refractivity contribution in [3.05, 3.63) is 18.0 Å². The molecule has 1 amide bonds. The molecule has 1 aliphatic rings. The summed E-state index contributed by atoms with van der Waals surface area (Å²) < 4.78 is 68.7. The minimum absolute atomic E-state index is 0.357. The van der Waals surface area contributed by atoms with E-state index in [1.807, 2.05) is 0 Å². The molecule has 1 aromatic heterocycles. The van der Waals surface area contributed by atoms with Crippen molar-refractivity contribution in [3.63, 3.8) is 0 Å². The first-order valence-corrected chi connectivity index (χ1v) is 8.64. The van der Waals surface area contributed by atoms with E-state index in [9.17, 15) is 31.9 Å². The summed E-state index contributed by atoms with van der Waals surface area (Å²) in [7, 11) is 1.64. The Kier molecular flexibility index (Phi) is 5.62. The molecule has 1 atom stereocenters. The van der Waals surface area contributed by atoms with Gasteiger partial charge in [0.15, 0.2) is 5.60 Å². The number of rotatable bonds is 5. The molecule has 0 aromatic carbocycles. The summed E-state index contributed by atoms with van der Waals surface area (Å²) in [6.07, 6.45) is -5.84. The normalized spacial score (nSPS) is 20.9. The smallest absolute Gasteiger partial charge is 0.379 e. The third kappa shape index (κ3) is 4.41. The zero-order valence-corrected chi connectivity index (χ0v) is 15.4. The standard InChI is InChI=1S/C17H24F5N3O2/c1-14(2,12-6-9-25(3)24-12)13(26)23-10-16(27,17(20,21)22)11-4-7-15(18,19)8-5-11/h6,9,11,27H,4-5,7-8,10H2,1-3H3,(H,23,26). The van der Waals surface area contributed by atoms with Gasteiger partial charge in [-0.05, 0) is 38.7 Å². The fourth-order valence-corrected chi connectivity index (χ4v) is 3.29. The lowest BCUT2D eigenvalue weighted by Gasteiger charge is -2.41. The lowest BCUT2D eigenvalue weighted by Crippen LogP contribution is -2.60. The van der Waals surface area contributed by atoms with Gasteiger partial charge in [0.25, 0.3) is 0 Å². The van der Waals surface area contributed by atoms with Gasteiger partial charge >= 0.3 is 6.18 Å². The molecule has 0 spiro atoms.